The molecular formula is C20H15Cl3N2O3S. The molecule has 3 rings (SSSR count). The number of benzene rings is 3. The van der Waals surface area contributed by atoms with Crippen LogP contribution in [-0.4, -0.2) is 20.9 Å². The molecule has 0 saturated heterocycles. The van der Waals surface area contributed by atoms with Gasteiger partial charge in [0, 0.05) is 15.7 Å². The Kier molecular flexibility index (Phi) is 6.70. The third kappa shape index (κ3) is 5.22. The lowest BCUT2D eigenvalue weighted by Crippen LogP contribution is -2.38. The van der Waals surface area contributed by atoms with E-state index in [2.05, 4.69) is 5.32 Å². The molecule has 3 aromatic carbocycles. The molecule has 0 atom stereocenters. The van der Waals surface area contributed by atoms with E-state index in [0.29, 0.717) is 15.7 Å². The Morgan fingerprint density at radius 1 is 0.862 bits per heavy atom. The maximum atomic E-state index is 13.2. The number of rotatable bonds is 6. The van der Waals surface area contributed by atoms with Crippen LogP contribution in [0, 0.1) is 0 Å². The van der Waals surface area contributed by atoms with Crippen LogP contribution < -0.4 is 9.62 Å². The Morgan fingerprint density at radius 3 is 2.07 bits per heavy atom. The van der Waals surface area contributed by atoms with Gasteiger partial charge in [0.25, 0.3) is 10.0 Å². The van der Waals surface area contributed by atoms with Crippen molar-refractivity contribution < 1.29 is 13.2 Å². The van der Waals surface area contributed by atoms with Crippen LogP contribution >= 0.6 is 34.8 Å². The van der Waals surface area contributed by atoms with Crippen molar-refractivity contribution in [2.75, 3.05) is 16.2 Å². The zero-order valence-corrected chi connectivity index (χ0v) is 17.9. The van der Waals surface area contributed by atoms with Gasteiger partial charge in [-0.25, -0.2) is 8.42 Å². The second-order valence-corrected chi connectivity index (χ2v) is 9.12. The van der Waals surface area contributed by atoms with Crippen molar-refractivity contribution >= 4 is 62.1 Å². The Bertz CT molecular complexity index is 1120. The number of anilines is 2. The van der Waals surface area contributed by atoms with Crippen LogP contribution in [0.1, 0.15) is 0 Å². The van der Waals surface area contributed by atoms with E-state index in [-0.39, 0.29) is 15.6 Å². The summed E-state index contributed by atoms with van der Waals surface area (Å²) in [6.07, 6.45) is 0. The number of amides is 1. The second kappa shape index (κ2) is 9.05. The fourth-order valence-corrected chi connectivity index (χ4v) is 4.91. The number of sulfonamides is 1. The smallest absolute Gasteiger partial charge is 0.264 e. The molecule has 0 aliphatic heterocycles. The highest BCUT2D eigenvalue weighted by Crippen LogP contribution is 2.30. The lowest BCUT2D eigenvalue weighted by Gasteiger charge is -2.25. The number of nitrogens with zero attached hydrogens (tertiary/aromatic N) is 1. The minimum absolute atomic E-state index is 0.0403. The standard InChI is InChI=1S/C20H15Cl3N2O3S/c21-14-10-15(22)12-16(11-14)24-20(26)13-25(19-9-5-4-8-18(19)23)29(27,28)17-6-2-1-3-7-17/h1-12H,13H2,(H,24,26). The molecular weight excluding hydrogens is 455 g/mol. The van der Waals surface area contributed by atoms with Crippen molar-refractivity contribution in [2.45, 2.75) is 4.90 Å². The maximum absolute atomic E-state index is 13.2. The van der Waals surface area contributed by atoms with Gasteiger partial charge in [-0.05, 0) is 42.5 Å². The number of para-hydroxylation sites is 1. The summed E-state index contributed by atoms with van der Waals surface area (Å²) in [6.45, 7) is -0.495. The van der Waals surface area contributed by atoms with Gasteiger partial charge in [-0.3, -0.25) is 9.10 Å². The van der Waals surface area contributed by atoms with Crippen molar-refractivity contribution in [1.29, 1.82) is 0 Å². The van der Waals surface area contributed by atoms with E-state index >= 15 is 0 Å². The summed E-state index contributed by atoms with van der Waals surface area (Å²) in [6, 6.07) is 18.8. The number of carbonyl (C=O) groups is 1. The summed E-state index contributed by atoms with van der Waals surface area (Å²) >= 11 is 18.1. The first kappa shape index (κ1) is 21.5. The summed E-state index contributed by atoms with van der Waals surface area (Å²) in [4.78, 5) is 12.7. The lowest BCUT2D eigenvalue weighted by atomic mass is 10.3. The first-order valence-electron chi connectivity index (χ1n) is 8.35. The number of carbonyl (C=O) groups excluding carboxylic acids is 1. The van der Waals surface area contributed by atoms with Crippen LogP contribution in [0.3, 0.4) is 0 Å². The van der Waals surface area contributed by atoms with Gasteiger partial charge in [0.05, 0.1) is 15.6 Å². The molecule has 150 valence electrons. The summed E-state index contributed by atoms with van der Waals surface area (Å²) in [5.41, 5.74) is 0.543. The van der Waals surface area contributed by atoms with Gasteiger partial charge in [-0.15, -0.1) is 0 Å². The molecule has 3 aromatic rings. The fourth-order valence-electron chi connectivity index (χ4n) is 2.63. The molecule has 0 bridgehead atoms. The van der Waals surface area contributed by atoms with Gasteiger partial charge in [-0.1, -0.05) is 65.1 Å². The van der Waals surface area contributed by atoms with E-state index < -0.39 is 22.5 Å². The zero-order chi connectivity index (χ0) is 21.0. The molecule has 0 aliphatic carbocycles. The van der Waals surface area contributed by atoms with Gasteiger partial charge in [-0.2, -0.15) is 0 Å². The van der Waals surface area contributed by atoms with Crippen molar-refractivity contribution in [3.05, 3.63) is 87.9 Å². The average molecular weight is 470 g/mol. The number of hydrogen-bond acceptors (Lipinski definition) is 3. The van der Waals surface area contributed by atoms with Gasteiger partial charge < -0.3 is 5.32 Å². The van der Waals surface area contributed by atoms with E-state index in [1.165, 1.54) is 36.4 Å². The summed E-state index contributed by atoms with van der Waals surface area (Å²) < 4.78 is 27.4. The van der Waals surface area contributed by atoms with Crippen molar-refractivity contribution in [2.24, 2.45) is 0 Å². The van der Waals surface area contributed by atoms with E-state index in [0.717, 1.165) is 4.31 Å². The van der Waals surface area contributed by atoms with Crippen LogP contribution in [0.4, 0.5) is 11.4 Å². The molecule has 29 heavy (non-hydrogen) atoms. The Labute approximate surface area is 183 Å². The highest BCUT2D eigenvalue weighted by atomic mass is 35.5. The van der Waals surface area contributed by atoms with Crippen molar-refractivity contribution in [3.8, 4) is 0 Å². The molecule has 0 fully saturated rings. The Hall–Kier alpha value is -2.25. The number of halogens is 3. The fraction of sp³-hybridized carbons (Fsp3) is 0.0500. The quantitative estimate of drug-likeness (QED) is 0.520. The van der Waals surface area contributed by atoms with Crippen LogP contribution in [0.15, 0.2) is 77.7 Å². The summed E-state index contributed by atoms with van der Waals surface area (Å²) in [5.74, 6) is -0.581. The molecule has 5 nitrogen and oxygen atoms in total. The highest BCUT2D eigenvalue weighted by molar-refractivity contribution is 7.92. The van der Waals surface area contributed by atoms with Gasteiger partial charge in [0.2, 0.25) is 5.91 Å². The summed E-state index contributed by atoms with van der Waals surface area (Å²) in [7, 11) is -4.04. The van der Waals surface area contributed by atoms with E-state index in [1.54, 1.807) is 36.4 Å². The topological polar surface area (TPSA) is 66.5 Å². The van der Waals surface area contributed by atoms with E-state index in [9.17, 15) is 13.2 Å². The molecule has 0 heterocycles. The van der Waals surface area contributed by atoms with E-state index in [4.69, 9.17) is 34.8 Å². The molecule has 0 aromatic heterocycles. The molecule has 0 unspecified atom stereocenters. The lowest BCUT2D eigenvalue weighted by molar-refractivity contribution is -0.114. The first-order valence-corrected chi connectivity index (χ1v) is 10.9. The molecule has 1 N–H and O–H groups in total. The van der Waals surface area contributed by atoms with Crippen LogP contribution in [0.25, 0.3) is 0 Å². The predicted molar refractivity (Wildman–Crippen MR) is 118 cm³/mol. The van der Waals surface area contributed by atoms with Crippen molar-refractivity contribution in [3.63, 3.8) is 0 Å². The Morgan fingerprint density at radius 2 is 1.45 bits per heavy atom. The maximum Gasteiger partial charge on any atom is 0.264 e. The van der Waals surface area contributed by atoms with Crippen LogP contribution in [0.2, 0.25) is 15.1 Å². The van der Waals surface area contributed by atoms with Gasteiger partial charge >= 0.3 is 0 Å². The Balaban J connectivity index is 1.96. The van der Waals surface area contributed by atoms with Crippen molar-refractivity contribution in [1.82, 2.24) is 0 Å². The molecule has 0 radical (unpaired) electrons. The van der Waals surface area contributed by atoms with Crippen LogP contribution in [-0.2, 0) is 14.8 Å². The third-order valence-corrected chi connectivity index (χ3v) is 6.42. The molecule has 1 amide bonds. The minimum Gasteiger partial charge on any atom is -0.324 e. The van der Waals surface area contributed by atoms with Gasteiger partial charge in [0.15, 0.2) is 0 Å². The monoisotopic (exact) mass is 468 g/mol. The molecule has 0 spiro atoms. The van der Waals surface area contributed by atoms with E-state index in [1.807, 2.05) is 0 Å². The number of nitrogens with one attached hydrogen (secondary N) is 1. The third-order valence-electron chi connectivity index (χ3n) is 3.89. The molecule has 0 saturated carbocycles. The predicted octanol–water partition coefficient (Wildman–Crippen LogP) is 5.48. The SMILES string of the molecule is O=C(CN(c1ccccc1Cl)S(=O)(=O)c1ccccc1)Nc1cc(Cl)cc(Cl)c1. The highest BCUT2D eigenvalue weighted by Gasteiger charge is 2.28. The zero-order valence-electron chi connectivity index (χ0n) is 14.8. The minimum atomic E-state index is -4.04. The molecule has 9 heteroatoms. The first-order chi connectivity index (χ1) is 13.8. The second-order valence-electron chi connectivity index (χ2n) is 5.98. The normalized spacial score (nSPS) is 11.1. The largest absolute Gasteiger partial charge is 0.324 e. The van der Waals surface area contributed by atoms with Gasteiger partial charge in [0.1, 0.15) is 6.54 Å². The average Bonchev–Trinajstić information content (AvgIpc) is 2.66. The molecule has 0 aliphatic rings. The summed E-state index contributed by atoms with van der Waals surface area (Å²) in [5, 5.41) is 3.49. The van der Waals surface area contributed by atoms with Crippen LogP contribution in [0.5, 0.6) is 0 Å². The number of hydrogen-bond donors (Lipinski definition) is 1.